The van der Waals surface area contributed by atoms with Gasteiger partial charge in [-0.15, -0.1) is 0 Å². The van der Waals surface area contributed by atoms with Crippen molar-refractivity contribution in [2.75, 3.05) is 13.1 Å². The highest BCUT2D eigenvalue weighted by molar-refractivity contribution is 5.83. The molecule has 0 spiro atoms. The SMILES string of the molecule is OC(CN(CC1CC1)C1CC1)c1ccc2ccccc2c1. The van der Waals surface area contributed by atoms with Crippen LogP contribution in [0.3, 0.4) is 0 Å². The molecule has 4 rings (SSSR count). The lowest BCUT2D eigenvalue weighted by molar-refractivity contribution is 0.106. The summed E-state index contributed by atoms with van der Waals surface area (Å²) in [7, 11) is 0. The van der Waals surface area contributed by atoms with Crippen LogP contribution in [-0.2, 0) is 0 Å². The number of aliphatic hydroxyl groups is 1. The first-order valence-corrected chi connectivity index (χ1v) is 8.20. The quantitative estimate of drug-likeness (QED) is 0.871. The zero-order valence-corrected chi connectivity index (χ0v) is 12.4. The lowest BCUT2D eigenvalue weighted by Gasteiger charge is -2.25. The number of nitrogens with zero attached hydrogens (tertiary/aromatic N) is 1. The Morgan fingerprint density at radius 3 is 2.48 bits per heavy atom. The van der Waals surface area contributed by atoms with Crippen LogP contribution in [0.1, 0.15) is 37.4 Å². The summed E-state index contributed by atoms with van der Waals surface area (Å²) >= 11 is 0. The molecule has 0 bridgehead atoms. The van der Waals surface area contributed by atoms with Gasteiger partial charge in [-0.1, -0.05) is 36.4 Å². The van der Waals surface area contributed by atoms with E-state index in [1.54, 1.807) is 0 Å². The van der Waals surface area contributed by atoms with Crippen molar-refractivity contribution in [1.29, 1.82) is 0 Å². The third-order valence-corrected chi connectivity index (χ3v) is 4.82. The molecular weight excluding hydrogens is 258 g/mol. The van der Waals surface area contributed by atoms with Crippen LogP contribution in [0.5, 0.6) is 0 Å². The lowest BCUT2D eigenvalue weighted by atomic mass is 10.0. The largest absolute Gasteiger partial charge is 0.387 e. The predicted molar refractivity (Wildman–Crippen MR) is 86.2 cm³/mol. The average Bonchev–Trinajstić information content (AvgIpc) is 3.38. The molecule has 2 nitrogen and oxygen atoms in total. The number of rotatable bonds is 6. The second-order valence-corrected chi connectivity index (χ2v) is 6.75. The topological polar surface area (TPSA) is 23.5 Å². The first kappa shape index (κ1) is 13.3. The standard InChI is InChI=1S/C19H23NO/c21-19(13-20(18-9-10-18)12-14-5-6-14)17-8-7-15-3-1-2-4-16(15)11-17/h1-4,7-8,11,14,18-19,21H,5-6,9-10,12-13H2. The molecule has 2 aliphatic rings. The summed E-state index contributed by atoms with van der Waals surface area (Å²) in [6.07, 6.45) is 5.03. The predicted octanol–water partition coefficient (Wildman–Crippen LogP) is 3.75. The molecule has 2 aromatic rings. The van der Waals surface area contributed by atoms with E-state index in [1.807, 2.05) is 0 Å². The van der Waals surface area contributed by atoms with Crippen molar-refractivity contribution < 1.29 is 5.11 Å². The molecule has 0 radical (unpaired) electrons. The Morgan fingerprint density at radius 2 is 1.76 bits per heavy atom. The summed E-state index contributed by atoms with van der Waals surface area (Å²) in [4.78, 5) is 2.53. The fourth-order valence-electron chi connectivity index (χ4n) is 3.19. The van der Waals surface area contributed by atoms with Gasteiger partial charge in [0.15, 0.2) is 0 Å². The smallest absolute Gasteiger partial charge is 0.0917 e. The Balaban J connectivity index is 1.49. The molecule has 1 unspecified atom stereocenters. The molecule has 2 aromatic carbocycles. The first-order chi connectivity index (χ1) is 10.3. The van der Waals surface area contributed by atoms with Gasteiger partial charge in [-0.05, 0) is 54.0 Å². The highest BCUT2D eigenvalue weighted by atomic mass is 16.3. The van der Waals surface area contributed by atoms with Crippen molar-refractivity contribution in [3.05, 3.63) is 48.0 Å². The first-order valence-electron chi connectivity index (χ1n) is 8.20. The molecule has 2 fully saturated rings. The summed E-state index contributed by atoms with van der Waals surface area (Å²) in [6.45, 7) is 1.98. The van der Waals surface area contributed by atoms with Crippen molar-refractivity contribution in [3.8, 4) is 0 Å². The maximum absolute atomic E-state index is 10.6. The van der Waals surface area contributed by atoms with Crippen LogP contribution in [0.2, 0.25) is 0 Å². The number of aliphatic hydroxyl groups excluding tert-OH is 1. The van der Waals surface area contributed by atoms with E-state index < -0.39 is 0 Å². The molecular formula is C19H23NO. The molecule has 0 heterocycles. The van der Waals surface area contributed by atoms with E-state index >= 15 is 0 Å². The number of hydrogen-bond donors (Lipinski definition) is 1. The maximum Gasteiger partial charge on any atom is 0.0917 e. The van der Waals surface area contributed by atoms with Crippen molar-refractivity contribution >= 4 is 10.8 Å². The molecule has 1 atom stereocenters. The molecule has 0 amide bonds. The van der Waals surface area contributed by atoms with E-state index in [4.69, 9.17) is 0 Å². The van der Waals surface area contributed by atoms with Gasteiger partial charge < -0.3 is 5.11 Å². The zero-order valence-electron chi connectivity index (χ0n) is 12.4. The van der Waals surface area contributed by atoms with Gasteiger partial charge in [-0.3, -0.25) is 4.90 Å². The van der Waals surface area contributed by atoms with Crippen molar-refractivity contribution in [2.45, 2.75) is 37.8 Å². The molecule has 2 heteroatoms. The van der Waals surface area contributed by atoms with E-state index in [-0.39, 0.29) is 6.10 Å². The molecule has 110 valence electrons. The molecule has 0 aromatic heterocycles. The van der Waals surface area contributed by atoms with Crippen LogP contribution in [0.15, 0.2) is 42.5 Å². The van der Waals surface area contributed by atoms with Crippen LogP contribution >= 0.6 is 0 Å². The highest BCUT2D eigenvalue weighted by Gasteiger charge is 2.34. The van der Waals surface area contributed by atoms with E-state index in [9.17, 15) is 5.11 Å². The second kappa shape index (κ2) is 5.43. The van der Waals surface area contributed by atoms with E-state index in [0.717, 1.165) is 24.1 Å². The Morgan fingerprint density at radius 1 is 1.00 bits per heavy atom. The van der Waals surface area contributed by atoms with Gasteiger partial charge in [-0.25, -0.2) is 0 Å². The Hall–Kier alpha value is -1.38. The number of hydrogen-bond acceptors (Lipinski definition) is 2. The van der Waals surface area contributed by atoms with Crippen LogP contribution in [-0.4, -0.2) is 29.1 Å². The van der Waals surface area contributed by atoms with E-state index in [2.05, 4.69) is 47.4 Å². The third-order valence-electron chi connectivity index (χ3n) is 4.82. The second-order valence-electron chi connectivity index (χ2n) is 6.75. The number of fused-ring (bicyclic) bond motifs is 1. The molecule has 0 saturated heterocycles. The fraction of sp³-hybridized carbons (Fsp3) is 0.474. The van der Waals surface area contributed by atoms with E-state index in [1.165, 1.54) is 43.0 Å². The Labute approximate surface area is 126 Å². The monoisotopic (exact) mass is 281 g/mol. The summed E-state index contributed by atoms with van der Waals surface area (Å²) in [6, 6.07) is 15.4. The minimum absolute atomic E-state index is 0.367. The van der Waals surface area contributed by atoms with Gasteiger partial charge >= 0.3 is 0 Å². The average molecular weight is 281 g/mol. The van der Waals surface area contributed by atoms with Crippen molar-refractivity contribution in [2.24, 2.45) is 5.92 Å². The molecule has 2 aliphatic carbocycles. The maximum atomic E-state index is 10.6. The molecule has 2 saturated carbocycles. The van der Waals surface area contributed by atoms with Crippen molar-refractivity contribution in [1.82, 2.24) is 4.90 Å². The minimum atomic E-state index is -0.367. The Bertz CT molecular complexity index is 630. The highest BCUT2D eigenvalue weighted by Crippen LogP contribution is 2.36. The lowest BCUT2D eigenvalue weighted by Crippen LogP contribution is -2.32. The van der Waals surface area contributed by atoms with Gasteiger partial charge in [0.2, 0.25) is 0 Å². The van der Waals surface area contributed by atoms with Crippen LogP contribution in [0.4, 0.5) is 0 Å². The fourth-order valence-corrected chi connectivity index (χ4v) is 3.19. The summed E-state index contributed by atoms with van der Waals surface area (Å²) < 4.78 is 0. The van der Waals surface area contributed by atoms with Gasteiger partial charge in [0.05, 0.1) is 6.10 Å². The van der Waals surface area contributed by atoms with Gasteiger partial charge in [0, 0.05) is 19.1 Å². The van der Waals surface area contributed by atoms with E-state index in [0.29, 0.717) is 0 Å². The molecule has 21 heavy (non-hydrogen) atoms. The molecule has 1 N–H and O–H groups in total. The van der Waals surface area contributed by atoms with Gasteiger partial charge in [0.1, 0.15) is 0 Å². The van der Waals surface area contributed by atoms with Gasteiger partial charge in [-0.2, -0.15) is 0 Å². The minimum Gasteiger partial charge on any atom is -0.387 e. The van der Waals surface area contributed by atoms with Crippen LogP contribution < -0.4 is 0 Å². The zero-order chi connectivity index (χ0) is 14.2. The van der Waals surface area contributed by atoms with Gasteiger partial charge in [0.25, 0.3) is 0 Å². The van der Waals surface area contributed by atoms with Crippen molar-refractivity contribution in [3.63, 3.8) is 0 Å². The van der Waals surface area contributed by atoms with Crippen LogP contribution in [0.25, 0.3) is 10.8 Å². The summed E-state index contributed by atoms with van der Waals surface area (Å²) in [5.41, 5.74) is 1.05. The molecule has 0 aliphatic heterocycles. The van der Waals surface area contributed by atoms with Crippen LogP contribution in [0, 0.1) is 5.92 Å². The normalized spacial score (nSPS) is 20.1. The summed E-state index contributed by atoms with van der Waals surface area (Å²) in [5.74, 6) is 0.898. The summed E-state index contributed by atoms with van der Waals surface area (Å²) in [5, 5.41) is 13.1. The number of benzene rings is 2. The third kappa shape index (κ3) is 3.12. The Kier molecular flexibility index (Phi) is 3.44.